The Kier molecular flexibility index (Phi) is 2.89. The summed E-state index contributed by atoms with van der Waals surface area (Å²) >= 11 is 6.19. The maximum atomic E-state index is 10.4. The van der Waals surface area contributed by atoms with E-state index in [1.807, 2.05) is 18.2 Å². The van der Waals surface area contributed by atoms with E-state index in [0.29, 0.717) is 10.8 Å². The molecule has 0 saturated heterocycles. The van der Waals surface area contributed by atoms with Crippen LogP contribution in [0.5, 0.6) is 5.75 Å². The molecule has 82 valence electrons. The van der Waals surface area contributed by atoms with Crippen LogP contribution in [0.2, 0.25) is 5.02 Å². The van der Waals surface area contributed by atoms with E-state index in [-0.39, 0.29) is 0 Å². The van der Waals surface area contributed by atoms with Gasteiger partial charge in [0, 0.05) is 5.56 Å². The molecule has 0 radical (unpaired) electrons. The lowest BCUT2D eigenvalue weighted by atomic mass is 9.92. The predicted molar refractivity (Wildman–Crippen MR) is 60.4 cm³/mol. The van der Waals surface area contributed by atoms with Crippen molar-refractivity contribution in [3.63, 3.8) is 0 Å². The summed E-state index contributed by atoms with van der Waals surface area (Å²) in [5.41, 5.74) is 0.0621. The zero-order valence-corrected chi connectivity index (χ0v) is 9.55. The quantitative estimate of drug-likeness (QED) is 0.840. The van der Waals surface area contributed by atoms with Gasteiger partial charge in [0.15, 0.2) is 0 Å². The minimum Gasteiger partial charge on any atom is -0.495 e. The number of hydrogen-bond donors (Lipinski definition) is 1. The third-order valence-corrected chi connectivity index (χ3v) is 3.51. The van der Waals surface area contributed by atoms with Gasteiger partial charge in [-0.2, -0.15) is 0 Å². The van der Waals surface area contributed by atoms with Crippen LogP contribution in [-0.2, 0) is 5.60 Å². The van der Waals surface area contributed by atoms with E-state index in [4.69, 9.17) is 16.3 Å². The van der Waals surface area contributed by atoms with Gasteiger partial charge in [-0.05, 0) is 18.9 Å². The third kappa shape index (κ3) is 1.84. The highest BCUT2D eigenvalue weighted by atomic mass is 35.5. The van der Waals surface area contributed by atoms with Crippen molar-refractivity contribution in [2.24, 2.45) is 0 Å². The molecule has 1 N–H and O–H groups in total. The second kappa shape index (κ2) is 4.03. The minimum atomic E-state index is -0.744. The van der Waals surface area contributed by atoms with Gasteiger partial charge in [0.1, 0.15) is 5.75 Å². The lowest BCUT2D eigenvalue weighted by Crippen LogP contribution is -2.21. The highest BCUT2D eigenvalue weighted by Crippen LogP contribution is 2.43. The molecule has 0 aliphatic heterocycles. The molecule has 3 heteroatoms. The van der Waals surface area contributed by atoms with E-state index in [1.165, 1.54) is 0 Å². The Balaban J connectivity index is 2.43. The molecule has 0 atom stereocenters. The topological polar surface area (TPSA) is 29.5 Å². The average molecular weight is 227 g/mol. The standard InChI is InChI=1S/C12H15ClO2/c1-15-10-6-4-5-9(11(10)13)12(14)7-2-3-8-12/h4-6,14H,2-3,7-8H2,1H3. The first-order valence-electron chi connectivity index (χ1n) is 5.23. The molecule has 0 spiro atoms. The largest absolute Gasteiger partial charge is 0.495 e. The Morgan fingerprint density at radius 1 is 1.33 bits per heavy atom. The Labute approximate surface area is 94.8 Å². The first-order valence-corrected chi connectivity index (χ1v) is 5.60. The van der Waals surface area contributed by atoms with Crippen LogP contribution in [-0.4, -0.2) is 12.2 Å². The van der Waals surface area contributed by atoms with Gasteiger partial charge in [0.25, 0.3) is 0 Å². The fraction of sp³-hybridized carbons (Fsp3) is 0.500. The van der Waals surface area contributed by atoms with Crippen molar-refractivity contribution in [2.75, 3.05) is 7.11 Å². The van der Waals surface area contributed by atoms with Crippen molar-refractivity contribution in [1.29, 1.82) is 0 Å². The summed E-state index contributed by atoms with van der Waals surface area (Å²) in [5.74, 6) is 0.634. The van der Waals surface area contributed by atoms with Crippen molar-refractivity contribution < 1.29 is 9.84 Å². The molecule has 1 saturated carbocycles. The van der Waals surface area contributed by atoms with Crippen LogP contribution in [0, 0.1) is 0 Å². The van der Waals surface area contributed by atoms with Gasteiger partial charge < -0.3 is 9.84 Å². The molecule has 2 nitrogen and oxygen atoms in total. The smallest absolute Gasteiger partial charge is 0.137 e. The fourth-order valence-electron chi connectivity index (χ4n) is 2.26. The van der Waals surface area contributed by atoms with E-state index < -0.39 is 5.60 Å². The number of aliphatic hydroxyl groups is 1. The first kappa shape index (κ1) is 10.8. The van der Waals surface area contributed by atoms with Crippen molar-refractivity contribution in [2.45, 2.75) is 31.3 Å². The van der Waals surface area contributed by atoms with Gasteiger partial charge in [-0.15, -0.1) is 0 Å². The van der Waals surface area contributed by atoms with E-state index in [0.717, 1.165) is 31.2 Å². The number of hydrogen-bond acceptors (Lipinski definition) is 2. The van der Waals surface area contributed by atoms with Crippen LogP contribution in [0.3, 0.4) is 0 Å². The van der Waals surface area contributed by atoms with E-state index in [9.17, 15) is 5.11 Å². The number of halogens is 1. The maximum absolute atomic E-state index is 10.4. The molecule has 0 bridgehead atoms. The molecule has 0 heterocycles. The Hall–Kier alpha value is -0.730. The van der Waals surface area contributed by atoms with E-state index in [2.05, 4.69) is 0 Å². The molecule has 1 aromatic carbocycles. The molecular weight excluding hydrogens is 212 g/mol. The zero-order chi connectivity index (χ0) is 10.9. The maximum Gasteiger partial charge on any atom is 0.137 e. The summed E-state index contributed by atoms with van der Waals surface area (Å²) < 4.78 is 5.15. The van der Waals surface area contributed by atoms with Gasteiger partial charge in [0.05, 0.1) is 17.7 Å². The number of ether oxygens (including phenoxy) is 1. The lowest BCUT2D eigenvalue weighted by Gasteiger charge is -2.24. The summed E-state index contributed by atoms with van der Waals surface area (Å²) in [4.78, 5) is 0. The predicted octanol–water partition coefficient (Wildman–Crippen LogP) is 3.11. The highest BCUT2D eigenvalue weighted by molar-refractivity contribution is 6.33. The summed E-state index contributed by atoms with van der Waals surface area (Å²) in [7, 11) is 1.59. The molecule has 2 rings (SSSR count). The molecule has 0 unspecified atom stereocenters. The van der Waals surface area contributed by atoms with Crippen LogP contribution < -0.4 is 4.74 Å². The average Bonchev–Trinajstić information content (AvgIpc) is 2.66. The summed E-state index contributed by atoms with van der Waals surface area (Å²) in [5, 5.41) is 11.0. The Morgan fingerprint density at radius 3 is 2.60 bits per heavy atom. The van der Waals surface area contributed by atoms with Gasteiger partial charge in [0.2, 0.25) is 0 Å². The normalized spacial score (nSPS) is 19.1. The first-order chi connectivity index (χ1) is 7.17. The monoisotopic (exact) mass is 226 g/mol. The number of methoxy groups -OCH3 is 1. The van der Waals surface area contributed by atoms with E-state index in [1.54, 1.807) is 7.11 Å². The Bertz CT molecular complexity index is 357. The molecule has 1 aliphatic carbocycles. The van der Waals surface area contributed by atoms with Crippen molar-refractivity contribution >= 4 is 11.6 Å². The van der Waals surface area contributed by atoms with Crippen molar-refractivity contribution in [1.82, 2.24) is 0 Å². The van der Waals surface area contributed by atoms with Gasteiger partial charge >= 0.3 is 0 Å². The van der Waals surface area contributed by atoms with Crippen molar-refractivity contribution in [3.05, 3.63) is 28.8 Å². The second-order valence-corrected chi connectivity index (χ2v) is 4.44. The molecular formula is C12H15ClO2. The molecule has 1 aliphatic rings. The molecule has 0 amide bonds. The van der Waals surface area contributed by atoms with Gasteiger partial charge in [-0.3, -0.25) is 0 Å². The van der Waals surface area contributed by atoms with E-state index >= 15 is 0 Å². The Morgan fingerprint density at radius 2 is 2.00 bits per heavy atom. The summed E-state index contributed by atoms with van der Waals surface area (Å²) in [6.07, 6.45) is 3.70. The zero-order valence-electron chi connectivity index (χ0n) is 8.79. The van der Waals surface area contributed by atoms with Crippen LogP contribution in [0.1, 0.15) is 31.2 Å². The van der Waals surface area contributed by atoms with Crippen molar-refractivity contribution in [3.8, 4) is 5.75 Å². The molecule has 1 aromatic rings. The van der Waals surface area contributed by atoms with Crippen LogP contribution in [0.25, 0.3) is 0 Å². The molecule has 1 fully saturated rings. The summed E-state index contributed by atoms with van der Waals surface area (Å²) in [6.45, 7) is 0. The van der Waals surface area contributed by atoms with Crippen LogP contribution >= 0.6 is 11.6 Å². The SMILES string of the molecule is COc1cccc(C2(O)CCCC2)c1Cl. The van der Waals surface area contributed by atoms with Gasteiger partial charge in [-0.1, -0.05) is 36.6 Å². The van der Waals surface area contributed by atoms with Crippen LogP contribution in [0.15, 0.2) is 18.2 Å². The highest BCUT2D eigenvalue weighted by Gasteiger charge is 2.35. The fourth-order valence-corrected chi connectivity index (χ4v) is 2.64. The second-order valence-electron chi connectivity index (χ2n) is 4.06. The van der Waals surface area contributed by atoms with Crippen LogP contribution in [0.4, 0.5) is 0 Å². The number of benzene rings is 1. The minimum absolute atomic E-state index is 0.546. The third-order valence-electron chi connectivity index (χ3n) is 3.12. The summed E-state index contributed by atoms with van der Waals surface area (Å²) in [6, 6.07) is 5.57. The lowest BCUT2D eigenvalue weighted by molar-refractivity contribution is 0.0444. The van der Waals surface area contributed by atoms with Gasteiger partial charge in [-0.25, -0.2) is 0 Å². The number of rotatable bonds is 2. The molecule has 0 aromatic heterocycles. The molecule has 15 heavy (non-hydrogen) atoms.